The van der Waals surface area contributed by atoms with Crippen LogP contribution in [-0.2, 0) is 4.79 Å². The molecule has 0 bridgehead atoms. The number of amides is 1. The first kappa shape index (κ1) is 18.4. The van der Waals surface area contributed by atoms with Gasteiger partial charge in [-0.05, 0) is 48.7 Å². The van der Waals surface area contributed by atoms with Crippen LogP contribution >= 0.6 is 11.3 Å². The summed E-state index contributed by atoms with van der Waals surface area (Å²) in [6.45, 7) is 0.828. The number of para-hydroxylation sites is 1. The lowest BCUT2D eigenvalue weighted by Gasteiger charge is -2.32. The second kappa shape index (κ2) is 7.29. The number of ether oxygens (including phenoxy) is 2. The van der Waals surface area contributed by atoms with Crippen molar-refractivity contribution in [1.82, 2.24) is 15.7 Å². The molecule has 0 aliphatic carbocycles. The number of aromatic nitrogens is 1. The normalized spacial score (nSPS) is 24.0. The molecule has 1 amide bonds. The second-order valence-corrected chi connectivity index (χ2v) is 8.24. The van der Waals surface area contributed by atoms with Crippen molar-refractivity contribution in [2.45, 2.75) is 18.5 Å². The average Bonchev–Trinajstić information content (AvgIpc) is 3.34. The maximum atomic E-state index is 13.4. The zero-order chi connectivity index (χ0) is 20.0. The maximum absolute atomic E-state index is 13.4. The number of piperidine rings is 1. The van der Waals surface area contributed by atoms with E-state index in [9.17, 15) is 4.79 Å². The Balaban J connectivity index is 1.47. The van der Waals surface area contributed by atoms with Gasteiger partial charge in [0.25, 0.3) is 0 Å². The molecule has 3 atom stereocenters. The van der Waals surface area contributed by atoms with Gasteiger partial charge in [-0.3, -0.25) is 10.1 Å². The van der Waals surface area contributed by atoms with Gasteiger partial charge in [0, 0.05) is 0 Å². The van der Waals surface area contributed by atoms with Crippen LogP contribution in [0.1, 0.15) is 17.9 Å². The molecule has 5 rings (SSSR count). The van der Waals surface area contributed by atoms with Gasteiger partial charge in [-0.2, -0.15) is 0 Å². The molecule has 150 valence electrons. The first-order chi connectivity index (χ1) is 14.2. The van der Waals surface area contributed by atoms with Crippen molar-refractivity contribution in [2.24, 2.45) is 5.92 Å². The van der Waals surface area contributed by atoms with Crippen LogP contribution in [0.15, 0.2) is 42.5 Å². The van der Waals surface area contributed by atoms with Crippen LogP contribution in [0.5, 0.6) is 11.5 Å². The molecule has 2 N–H and O–H groups in total. The Bertz CT molecular complexity index is 1040. The summed E-state index contributed by atoms with van der Waals surface area (Å²) in [6, 6.07) is 13.9. The highest BCUT2D eigenvalue weighted by Gasteiger charge is 2.48. The molecular formula is C21H22N4O3S. The molecule has 1 aromatic heterocycles. The van der Waals surface area contributed by atoms with Crippen molar-refractivity contribution in [3.63, 3.8) is 0 Å². The van der Waals surface area contributed by atoms with Crippen LogP contribution < -0.4 is 25.2 Å². The summed E-state index contributed by atoms with van der Waals surface area (Å²) < 4.78 is 11.9. The van der Waals surface area contributed by atoms with Crippen molar-refractivity contribution >= 4 is 32.6 Å². The summed E-state index contributed by atoms with van der Waals surface area (Å²) >= 11 is 1.52. The van der Waals surface area contributed by atoms with Gasteiger partial charge in [0.05, 0.1) is 36.5 Å². The highest BCUT2D eigenvalue weighted by Crippen LogP contribution is 2.41. The van der Waals surface area contributed by atoms with Gasteiger partial charge in [0.2, 0.25) is 11.0 Å². The SMILES string of the molecule is COc1ccc(C2CCNC3NN(c4nc5ccccc5s4)C(=O)C32)cc1OC. The van der Waals surface area contributed by atoms with Crippen LogP contribution in [0.4, 0.5) is 5.13 Å². The summed E-state index contributed by atoms with van der Waals surface area (Å²) in [7, 11) is 3.25. The molecule has 2 fully saturated rings. The Labute approximate surface area is 172 Å². The van der Waals surface area contributed by atoms with Crippen molar-refractivity contribution in [1.29, 1.82) is 0 Å². The molecule has 3 heterocycles. The number of hydrazine groups is 1. The van der Waals surface area contributed by atoms with E-state index in [-0.39, 0.29) is 23.9 Å². The average molecular weight is 410 g/mol. The molecular weight excluding hydrogens is 388 g/mol. The zero-order valence-corrected chi connectivity index (χ0v) is 17.0. The van der Waals surface area contributed by atoms with E-state index in [0.29, 0.717) is 16.6 Å². The van der Waals surface area contributed by atoms with E-state index in [4.69, 9.17) is 9.47 Å². The predicted molar refractivity (Wildman–Crippen MR) is 112 cm³/mol. The summed E-state index contributed by atoms with van der Waals surface area (Å²) in [5, 5.41) is 5.74. The number of nitrogens with zero attached hydrogens (tertiary/aromatic N) is 2. The molecule has 0 saturated carbocycles. The van der Waals surface area contributed by atoms with E-state index >= 15 is 0 Å². The lowest BCUT2D eigenvalue weighted by atomic mass is 9.79. The Morgan fingerprint density at radius 2 is 1.97 bits per heavy atom. The standard InChI is InChI=1S/C21H22N4O3S/c1-27-15-8-7-12(11-16(15)28-2)13-9-10-22-19-18(13)20(26)25(24-19)21-23-14-5-3-4-6-17(14)29-21/h3-8,11,13,18-19,22,24H,9-10H2,1-2H3. The highest BCUT2D eigenvalue weighted by molar-refractivity contribution is 7.22. The molecule has 2 saturated heterocycles. The van der Waals surface area contributed by atoms with E-state index in [2.05, 4.69) is 15.7 Å². The Hall–Kier alpha value is -2.68. The minimum atomic E-state index is -0.214. The highest BCUT2D eigenvalue weighted by atomic mass is 32.1. The summed E-state index contributed by atoms with van der Waals surface area (Å²) in [6.07, 6.45) is 0.749. The van der Waals surface area contributed by atoms with Crippen LogP contribution in [0.25, 0.3) is 10.2 Å². The molecule has 2 aromatic carbocycles. The predicted octanol–water partition coefficient (Wildman–Crippen LogP) is 2.88. The number of fused-ring (bicyclic) bond motifs is 2. The number of carbonyl (C=O) groups excluding carboxylic acids is 1. The van der Waals surface area contributed by atoms with Gasteiger partial charge in [-0.25, -0.2) is 15.4 Å². The molecule has 3 unspecified atom stereocenters. The van der Waals surface area contributed by atoms with Crippen LogP contribution in [0, 0.1) is 5.92 Å². The van der Waals surface area contributed by atoms with Gasteiger partial charge in [-0.1, -0.05) is 29.5 Å². The van der Waals surface area contributed by atoms with Crippen LogP contribution in [-0.4, -0.2) is 37.8 Å². The fraction of sp³-hybridized carbons (Fsp3) is 0.333. The van der Waals surface area contributed by atoms with E-state index in [1.807, 2.05) is 42.5 Å². The van der Waals surface area contributed by atoms with Crippen molar-refractivity contribution in [3.8, 4) is 11.5 Å². The number of methoxy groups -OCH3 is 2. The van der Waals surface area contributed by atoms with Crippen molar-refractivity contribution < 1.29 is 14.3 Å². The molecule has 2 aliphatic rings. The molecule has 3 aromatic rings. The molecule has 0 radical (unpaired) electrons. The Kier molecular flexibility index (Phi) is 4.61. The first-order valence-corrected chi connectivity index (χ1v) is 10.4. The first-order valence-electron chi connectivity index (χ1n) is 9.60. The maximum Gasteiger partial charge on any atom is 0.250 e. The minimum Gasteiger partial charge on any atom is -0.493 e. The second-order valence-electron chi connectivity index (χ2n) is 7.23. The lowest BCUT2D eigenvalue weighted by molar-refractivity contribution is -0.121. The van der Waals surface area contributed by atoms with Crippen LogP contribution in [0.2, 0.25) is 0 Å². The minimum absolute atomic E-state index is 0.0426. The van der Waals surface area contributed by atoms with Gasteiger partial charge < -0.3 is 9.47 Å². The Morgan fingerprint density at radius 3 is 2.76 bits per heavy atom. The number of hydrogen-bond donors (Lipinski definition) is 2. The number of thiazole rings is 1. The summed E-state index contributed by atoms with van der Waals surface area (Å²) in [5.74, 6) is 1.28. The molecule has 2 aliphatic heterocycles. The quantitative estimate of drug-likeness (QED) is 0.689. The largest absolute Gasteiger partial charge is 0.493 e. The van der Waals surface area contributed by atoms with Crippen molar-refractivity contribution in [2.75, 3.05) is 25.8 Å². The van der Waals surface area contributed by atoms with Crippen molar-refractivity contribution in [3.05, 3.63) is 48.0 Å². The number of benzene rings is 2. The van der Waals surface area contributed by atoms with Gasteiger partial charge in [0.1, 0.15) is 0 Å². The molecule has 7 nitrogen and oxygen atoms in total. The molecule has 8 heteroatoms. The van der Waals surface area contributed by atoms with Gasteiger partial charge >= 0.3 is 0 Å². The third-order valence-electron chi connectivity index (χ3n) is 5.70. The summed E-state index contributed by atoms with van der Waals surface area (Å²) in [4.78, 5) is 18.1. The van der Waals surface area contributed by atoms with Gasteiger partial charge in [0.15, 0.2) is 11.5 Å². The van der Waals surface area contributed by atoms with E-state index in [1.165, 1.54) is 11.3 Å². The molecule has 0 spiro atoms. The topological polar surface area (TPSA) is 75.7 Å². The lowest BCUT2D eigenvalue weighted by Crippen LogP contribution is -2.50. The number of nitrogens with one attached hydrogen (secondary N) is 2. The van der Waals surface area contributed by atoms with E-state index in [1.54, 1.807) is 19.2 Å². The van der Waals surface area contributed by atoms with E-state index < -0.39 is 0 Å². The third kappa shape index (κ3) is 3.04. The Morgan fingerprint density at radius 1 is 1.14 bits per heavy atom. The van der Waals surface area contributed by atoms with E-state index in [0.717, 1.165) is 28.7 Å². The number of anilines is 1. The zero-order valence-electron chi connectivity index (χ0n) is 16.2. The van der Waals surface area contributed by atoms with Crippen LogP contribution in [0.3, 0.4) is 0 Å². The summed E-state index contributed by atoms with van der Waals surface area (Å²) in [5.41, 5.74) is 5.32. The van der Waals surface area contributed by atoms with Gasteiger partial charge in [-0.15, -0.1) is 0 Å². The fourth-order valence-corrected chi connectivity index (χ4v) is 5.23. The smallest absolute Gasteiger partial charge is 0.250 e. The number of carbonyl (C=O) groups is 1. The molecule has 29 heavy (non-hydrogen) atoms. The third-order valence-corrected chi connectivity index (χ3v) is 6.72. The number of hydrogen-bond acceptors (Lipinski definition) is 7. The monoisotopic (exact) mass is 410 g/mol. The number of rotatable bonds is 4. The fourth-order valence-electron chi connectivity index (χ4n) is 4.29.